The molecule has 0 unspecified atom stereocenters. The minimum Gasteiger partial charge on any atom is -0.397 e. The molecule has 0 radical (unpaired) electrons. The van der Waals surface area contributed by atoms with E-state index >= 15 is 0 Å². The second-order valence-electron chi connectivity index (χ2n) is 5.60. The third-order valence-electron chi connectivity index (χ3n) is 3.09. The van der Waals surface area contributed by atoms with Crippen molar-refractivity contribution in [3.05, 3.63) is 10.9 Å². The highest BCUT2D eigenvalue weighted by molar-refractivity contribution is 8.00. The summed E-state index contributed by atoms with van der Waals surface area (Å²) in [5, 5.41) is 1.11. The van der Waals surface area contributed by atoms with Crippen molar-refractivity contribution in [3.8, 4) is 0 Å². The first-order valence-corrected chi connectivity index (χ1v) is 8.10. The summed E-state index contributed by atoms with van der Waals surface area (Å²) in [7, 11) is 3.50. The molecular weight excluding hydrogens is 278 g/mol. The van der Waals surface area contributed by atoms with Crippen LogP contribution in [0.25, 0.3) is 0 Å². The Kier molecular flexibility index (Phi) is 4.01. The van der Waals surface area contributed by atoms with E-state index in [1.165, 1.54) is 11.3 Å². The van der Waals surface area contributed by atoms with Gasteiger partial charge in [-0.15, -0.1) is 11.3 Å². The molecule has 1 amide bonds. The van der Waals surface area contributed by atoms with Crippen LogP contribution in [-0.4, -0.2) is 48.5 Å². The smallest absolute Gasteiger partial charge is 0.265 e. The summed E-state index contributed by atoms with van der Waals surface area (Å²) in [6.45, 7) is 6.52. The molecule has 1 aliphatic rings. The Labute approximate surface area is 122 Å². The molecule has 4 nitrogen and oxygen atoms in total. The van der Waals surface area contributed by atoms with Gasteiger partial charge in [0.1, 0.15) is 4.88 Å². The van der Waals surface area contributed by atoms with Crippen LogP contribution in [0.3, 0.4) is 0 Å². The molecule has 19 heavy (non-hydrogen) atoms. The summed E-state index contributed by atoms with van der Waals surface area (Å²) in [6.07, 6.45) is 0. The Morgan fingerprint density at radius 1 is 1.47 bits per heavy atom. The first-order valence-electron chi connectivity index (χ1n) is 6.30. The average molecular weight is 299 g/mol. The van der Waals surface area contributed by atoms with Gasteiger partial charge in [-0.3, -0.25) is 4.79 Å². The molecule has 1 aliphatic heterocycles. The van der Waals surface area contributed by atoms with E-state index in [0.717, 1.165) is 23.8 Å². The molecule has 0 spiro atoms. The molecule has 0 bridgehead atoms. The van der Waals surface area contributed by atoms with Gasteiger partial charge < -0.3 is 15.5 Å². The molecule has 0 saturated carbocycles. The van der Waals surface area contributed by atoms with Crippen LogP contribution in [0.1, 0.15) is 23.5 Å². The van der Waals surface area contributed by atoms with Gasteiger partial charge in [0.15, 0.2) is 0 Å². The standard InChI is InChI=1S/C13H21N3OS2/c1-13(2)8-16(5-6-18-13)10-7-9(14)11(19-10)12(17)15(3)4/h7H,5-6,8,14H2,1-4H3. The number of anilines is 2. The van der Waals surface area contributed by atoms with Gasteiger partial charge in [-0.1, -0.05) is 0 Å². The van der Waals surface area contributed by atoms with Crippen LogP contribution in [-0.2, 0) is 0 Å². The molecule has 0 atom stereocenters. The van der Waals surface area contributed by atoms with Crippen LogP contribution >= 0.6 is 23.1 Å². The number of carbonyl (C=O) groups excluding carboxylic acids is 1. The fourth-order valence-electron chi connectivity index (χ4n) is 2.12. The number of nitrogens with two attached hydrogens (primary N) is 1. The number of nitrogen functional groups attached to an aromatic ring is 1. The van der Waals surface area contributed by atoms with E-state index in [0.29, 0.717) is 10.6 Å². The zero-order valence-electron chi connectivity index (χ0n) is 11.9. The molecule has 2 heterocycles. The Hall–Kier alpha value is -0.880. The summed E-state index contributed by atoms with van der Waals surface area (Å²) in [5.74, 6) is 1.10. The zero-order chi connectivity index (χ0) is 14.2. The number of rotatable bonds is 2. The maximum absolute atomic E-state index is 12.0. The quantitative estimate of drug-likeness (QED) is 0.911. The fraction of sp³-hybridized carbons (Fsp3) is 0.615. The maximum atomic E-state index is 12.0. The molecule has 1 aromatic heterocycles. The molecule has 2 rings (SSSR count). The van der Waals surface area contributed by atoms with Gasteiger partial charge in [0.25, 0.3) is 5.91 Å². The summed E-state index contributed by atoms with van der Waals surface area (Å²) in [4.78, 5) is 16.6. The number of thioether (sulfide) groups is 1. The van der Waals surface area contributed by atoms with Gasteiger partial charge in [-0.25, -0.2) is 0 Å². The summed E-state index contributed by atoms with van der Waals surface area (Å²) >= 11 is 3.50. The average Bonchev–Trinajstić information content (AvgIpc) is 2.69. The molecular formula is C13H21N3OS2. The van der Waals surface area contributed by atoms with Crippen LogP contribution in [0.4, 0.5) is 10.7 Å². The van der Waals surface area contributed by atoms with Crippen molar-refractivity contribution in [2.75, 3.05) is 43.6 Å². The lowest BCUT2D eigenvalue weighted by Gasteiger charge is -2.38. The minimum absolute atomic E-state index is 0.0144. The van der Waals surface area contributed by atoms with Crippen molar-refractivity contribution in [3.63, 3.8) is 0 Å². The van der Waals surface area contributed by atoms with Crippen molar-refractivity contribution in [2.24, 2.45) is 0 Å². The van der Waals surface area contributed by atoms with E-state index in [-0.39, 0.29) is 10.7 Å². The van der Waals surface area contributed by atoms with Crippen molar-refractivity contribution in [1.82, 2.24) is 4.90 Å². The van der Waals surface area contributed by atoms with E-state index < -0.39 is 0 Å². The number of amides is 1. The predicted octanol–water partition coefficient (Wildman–Crippen LogP) is 2.36. The van der Waals surface area contributed by atoms with Crippen LogP contribution in [0.2, 0.25) is 0 Å². The predicted molar refractivity (Wildman–Crippen MR) is 85.5 cm³/mol. The second kappa shape index (κ2) is 5.25. The first kappa shape index (κ1) is 14.5. The number of hydrogen-bond donors (Lipinski definition) is 1. The molecule has 2 N–H and O–H groups in total. The van der Waals surface area contributed by atoms with Crippen molar-refractivity contribution < 1.29 is 4.79 Å². The molecule has 0 aromatic carbocycles. The topological polar surface area (TPSA) is 49.6 Å². The molecule has 1 fully saturated rings. The Bertz CT molecular complexity index is 482. The number of nitrogens with zero attached hydrogens (tertiary/aromatic N) is 2. The number of hydrogen-bond acceptors (Lipinski definition) is 5. The third-order valence-corrected chi connectivity index (χ3v) is 5.58. The van der Waals surface area contributed by atoms with Gasteiger partial charge in [-0.2, -0.15) is 11.8 Å². The van der Waals surface area contributed by atoms with Crippen molar-refractivity contribution in [1.29, 1.82) is 0 Å². The zero-order valence-corrected chi connectivity index (χ0v) is 13.5. The number of thiophene rings is 1. The van der Waals surface area contributed by atoms with Crippen LogP contribution in [0, 0.1) is 0 Å². The van der Waals surface area contributed by atoms with E-state index in [2.05, 4.69) is 18.7 Å². The Morgan fingerprint density at radius 2 is 2.16 bits per heavy atom. The second-order valence-corrected chi connectivity index (χ2v) is 8.43. The Balaban J connectivity index is 2.22. The van der Waals surface area contributed by atoms with Crippen molar-refractivity contribution in [2.45, 2.75) is 18.6 Å². The SMILES string of the molecule is CN(C)C(=O)c1sc(N2CCSC(C)(C)C2)cc1N. The highest BCUT2D eigenvalue weighted by Gasteiger charge is 2.29. The lowest BCUT2D eigenvalue weighted by molar-refractivity contribution is 0.0833. The third kappa shape index (κ3) is 3.17. The highest BCUT2D eigenvalue weighted by Crippen LogP contribution is 2.38. The largest absolute Gasteiger partial charge is 0.397 e. The first-order chi connectivity index (χ1) is 8.80. The molecule has 1 aromatic rings. The monoisotopic (exact) mass is 299 g/mol. The van der Waals surface area contributed by atoms with E-state index in [9.17, 15) is 4.79 Å². The van der Waals surface area contributed by atoms with Crippen LogP contribution < -0.4 is 10.6 Å². The van der Waals surface area contributed by atoms with Crippen LogP contribution in [0.15, 0.2) is 6.07 Å². The normalized spacial score (nSPS) is 18.4. The maximum Gasteiger partial charge on any atom is 0.265 e. The highest BCUT2D eigenvalue weighted by atomic mass is 32.2. The molecule has 106 valence electrons. The molecule has 6 heteroatoms. The van der Waals surface area contributed by atoms with Gasteiger partial charge in [-0.05, 0) is 19.9 Å². The minimum atomic E-state index is -0.0144. The van der Waals surface area contributed by atoms with E-state index in [1.54, 1.807) is 19.0 Å². The van der Waals surface area contributed by atoms with Crippen molar-refractivity contribution >= 4 is 39.7 Å². The lowest BCUT2D eigenvalue weighted by Crippen LogP contribution is -2.42. The van der Waals surface area contributed by atoms with Gasteiger partial charge in [0, 0.05) is 37.7 Å². The summed E-state index contributed by atoms with van der Waals surface area (Å²) in [6, 6.07) is 1.94. The Morgan fingerprint density at radius 3 is 2.74 bits per heavy atom. The van der Waals surface area contributed by atoms with E-state index in [1.807, 2.05) is 17.8 Å². The lowest BCUT2D eigenvalue weighted by atomic mass is 10.2. The fourth-order valence-corrected chi connectivity index (χ4v) is 4.36. The summed E-state index contributed by atoms with van der Waals surface area (Å²) < 4.78 is 0.253. The molecule has 1 saturated heterocycles. The van der Waals surface area contributed by atoms with Gasteiger partial charge in [0.05, 0.1) is 10.7 Å². The van der Waals surface area contributed by atoms with E-state index in [4.69, 9.17) is 5.73 Å². The van der Waals surface area contributed by atoms with Gasteiger partial charge >= 0.3 is 0 Å². The summed E-state index contributed by atoms with van der Waals surface area (Å²) in [5.41, 5.74) is 6.58. The van der Waals surface area contributed by atoms with Gasteiger partial charge in [0.2, 0.25) is 0 Å². The van der Waals surface area contributed by atoms with Crippen LogP contribution in [0.5, 0.6) is 0 Å². The molecule has 0 aliphatic carbocycles. The number of carbonyl (C=O) groups is 1.